The zero-order valence-corrected chi connectivity index (χ0v) is 17.3. The van der Waals surface area contributed by atoms with Crippen LogP contribution in [0.3, 0.4) is 0 Å². The normalized spacial score (nSPS) is 11.1. The van der Waals surface area contributed by atoms with Crippen molar-refractivity contribution >= 4 is 27.5 Å². The molecule has 0 aliphatic heterocycles. The minimum absolute atomic E-state index is 0.168. The fraction of sp³-hybridized carbons (Fsp3) is 0.261. The Morgan fingerprint density at radius 2 is 1.86 bits per heavy atom. The number of benzene rings is 2. The molecular weight excluding hydrogens is 380 g/mol. The lowest BCUT2D eigenvalue weighted by Crippen LogP contribution is -2.25. The number of unbranched alkanes of at least 4 members (excludes halogenated alkanes) is 1. The summed E-state index contributed by atoms with van der Waals surface area (Å²) in [6.45, 7) is 0.573. The molecule has 0 saturated carbocycles. The summed E-state index contributed by atoms with van der Waals surface area (Å²) >= 11 is 1.75. The van der Waals surface area contributed by atoms with Crippen molar-refractivity contribution in [3.63, 3.8) is 0 Å². The zero-order chi connectivity index (χ0) is 20.1. The maximum atomic E-state index is 12.5. The molecule has 29 heavy (non-hydrogen) atoms. The average molecular weight is 405 g/mol. The van der Waals surface area contributed by atoms with E-state index in [2.05, 4.69) is 16.1 Å². The first-order valence-corrected chi connectivity index (χ1v) is 10.7. The number of carbonyl (C=O) groups is 1. The van der Waals surface area contributed by atoms with Crippen molar-refractivity contribution in [2.75, 3.05) is 7.05 Å². The monoisotopic (exact) mass is 404 g/mol. The lowest BCUT2D eigenvalue weighted by atomic mass is 10.2. The number of hydrogen-bond donors (Lipinski definition) is 0. The van der Waals surface area contributed by atoms with E-state index in [-0.39, 0.29) is 5.91 Å². The van der Waals surface area contributed by atoms with Crippen molar-refractivity contribution in [3.05, 3.63) is 77.6 Å². The van der Waals surface area contributed by atoms with Gasteiger partial charge >= 0.3 is 0 Å². The minimum atomic E-state index is 0.168. The van der Waals surface area contributed by atoms with Gasteiger partial charge < -0.3 is 4.90 Å². The van der Waals surface area contributed by atoms with Crippen LogP contribution < -0.4 is 0 Å². The number of hydrogen-bond acceptors (Lipinski definition) is 4. The third-order valence-electron chi connectivity index (χ3n) is 4.87. The van der Waals surface area contributed by atoms with Crippen LogP contribution in [0.5, 0.6) is 0 Å². The number of carbonyl (C=O) groups excluding carboxylic acids is 1. The number of rotatable bonds is 8. The van der Waals surface area contributed by atoms with E-state index in [1.807, 2.05) is 72.7 Å². The lowest BCUT2D eigenvalue weighted by Gasteiger charge is -2.16. The van der Waals surface area contributed by atoms with Gasteiger partial charge in [0.1, 0.15) is 0 Å². The van der Waals surface area contributed by atoms with E-state index in [9.17, 15) is 4.79 Å². The van der Waals surface area contributed by atoms with E-state index in [0.717, 1.165) is 41.0 Å². The van der Waals surface area contributed by atoms with E-state index < -0.39 is 0 Å². The maximum Gasteiger partial charge on any atom is 0.222 e. The molecule has 0 atom stereocenters. The van der Waals surface area contributed by atoms with Crippen molar-refractivity contribution in [2.45, 2.75) is 32.2 Å². The third kappa shape index (κ3) is 4.90. The van der Waals surface area contributed by atoms with E-state index in [1.165, 1.54) is 4.70 Å². The number of fused-ring (bicyclic) bond motifs is 1. The van der Waals surface area contributed by atoms with Crippen LogP contribution in [0.25, 0.3) is 15.9 Å². The Bertz CT molecular complexity index is 1050. The fourth-order valence-corrected chi connectivity index (χ4v) is 4.30. The molecule has 0 aliphatic rings. The highest BCUT2D eigenvalue weighted by atomic mass is 32.1. The van der Waals surface area contributed by atoms with Gasteiger partial charge in [0.25, 0.3) is 0 Å². The Kier molecular flexibility index (Phi) is 6.00. The Hall–Kier alpha value is -2.99. The first-order chi connectivity index (χ1) is 14.2. The molecule has 0 aliphatic carbocycles. The molecule has 2 aromatic heterocycles. The first kappa shape index (κ1) is 19.3. The Morgan fingerprint density at radius 3 is 2.69 bits per heavy atom. The highest BCUT2D eigenvalue weighted by Gasteiger charge is 2.11. The van der Waals surface area contributed by atoms with Gasteiger partial charge in [-0.15, -0.1) is 11.3 Å². The molecule has 4 rings (SSSR count). The van der Waals surface area contributed by atoms with Crippen LogP contribution in [0.15, 0.2) is 67.0 Å². The van der Waals surface area contributed by atoms with E-state index in [4.69, 9.17) is 0 Å². The number of thiazole rings is 1. The molecule has 4 aromatic rings. The summed E-state index contributed by atoms with van der Waals surface area (Å²) in [6, 6.07) is 18.2. The molecule has 0 unspecified atom stereocenters. The van der Waals surface area contributed by atoms with Crippen LogP contribution in [0.4, 0.5) is 0 Å². The number of amides is 1. The van der Waals surface area contributed by atoms with Gasteiger partial charge in [0, 0.05) is 31.8 Å². The van der Waals surface area contributed by atoms with Crippen LogP contribution in [0.2, 0.25) is 0 Å². The Balaban J connectivity index is 1.23. The number of nitrogens with zero attached hydrogens (tertiary/aromatic N) is 4. The summed E-state index contributed by atoms with van der Waals surface area (Å²) in [7, 11) is 1.86. The first-order valence-electron chi connectivity index (χ1n) is 9.86. The van der Waals surface area contributed by atoms with Gasteiger partial charge in [-0.25, -0.2) is 9.67 Å². The fourth-order valence-electron chi connectivity index (χ4n) is 3.30. The topological polar surface area (TPSA) is 51.0 Å². The molecule has 1 amide bonds. The molecule has 0 N–H and O–H groups in total. The molecule has 2 heterocycles. The third-order valence-corrected chi connectivity index (χ3v) is 5.97. The molecule has 0 fully saturated rings. The van der Waals surface area contributed by atoms with Crippen molar-refractivity contribution in [1.82, 2.24) is 19.7 Å². The van der Waals surface area contributed by atoms with E-state index in [1.54, 1.807) is 16.2 Å². The van der Waals surface area contributed by atoms with Gasteiger partial charge in [0.15, 0.2) is 0 Å². The van der Waals surface area contributed by atoms with Crippen molar-refractivity contribution in [2.24, 2.45) is 0 Å². The van der Waals surface area contributed by atoms with Crippen molar-refractivity contribution in [3.8, 4) is 5.69 Å². The molecule has 148 valence electrons. The summed E-state index contributed by atoms with van der Waals surface area (Å²) in [6.07, 6.45) is 7.15. The molecule has 0 saturated heterocycles. The highest BCUT2D eigenvalue weighted by Crippen LogP contribution is 2.23. The van der Waals surface area contributed by atoms with Crippen LogP contribution in [-0.4, -0.2) is 32.6 Å². The van der Waals surface area contributed by atoms with Crippen molar-refractivity contribution < 1.29 is 4.79 Å². The van der Waals surface area contributed by atoms with E-state index >= 15 is 0 Å². The summed E-state index contributed by atoms with van der Waals surface area (Å²) < 4.78 is 3.07. The van der Waals surface area contributed by atoms with Crippen LogP contribution in [-0.2, 0) is 17.8 Å². The molecule has 0 spiro atoms. The number of para-hydroxylation sites is 2. The van der Waals surface area contributed by atoms with E-state index in [0.29, 0.717) is 13.0 Å². The zero-order valence-electron chi connectivity index (χ0n) is 16.5. The molecule has 2 aromatic carbocycles. The maximum absolute atomic E-state index is 12.5. The Morgan fingerprint density at radius 1 is 1.07 bits per heavy atom. The largest absolute Gasteiger partial charge is 0.341 e. The van der Waals surface area contributed by atoms with Gasteiger partial charge in [-0.3, -0.25) is 4.79 Å². The number of aromatic nitrogens is 3. The average Bonchev–Trinajstić information content (AvgIpc) is 3.38. The SMILES string of the molecule is CN(Cc1cnn(-c2ccccc2)c1)C(=O)CCCCc1nc2ccccc2s1. The van der Waals surface area contributed by atoms with Gasteiger partial charge in [-0.05, 0) is 43.5 Å². The molecule has 0 radical (unpaired) electrons. The van der Waals surface area contributed by atoms with Gasteiger partial charge in [-0.1, -0.05) is 30.3 Å². The number of aryl methyl sites for hydroxylation is 1. The molecule has 6 heteroatoms. The minimum Gasteiger partial charge on any atom is -0.341 e. The molecule has 0 bridgehead atoms. The smallest absolute Gasteiger partial charge is 0.222 e. The quantitative estimate of drug-likeness (QED) is 0.394. The van der Waals surface area contributed by atoms with Crippen LogP contribution in [0.1, 0.15) is 29.8 Å². The van der Waals surface area contributed by atoms with Gasteiger partial charge in [0.05, 0.1) is 27.1 Å². The standard InChI is InChI=1S/C23H24N4OS/c1-26(16-18-15-24-27(17-18)19-9-3-2-4-10-19)23(28)14-8-7-13-22-25-20-11-5-6-12-21(20)29-22/h2-6,9-12,15,17H,7-8,13-14,16H2,1H3. The summed E-state index contributed by atoms with van der Waals surface area (Å²) in [4.78, 5) is 18.9. The Labute approximate surface area is 174 Å². The lowest BCUT2D eigenvalue weighted by molar-refractivity contribution is -0.130. The van der Waals surface area contributed by atoms with Crippen molar-refractivity contribution in [1.29, 1.82) is 0 Å². The highest BCUT2D eigenvalue weighted by molar-refractivity contribution is 7.18. The summed E-state index contributed by atoms with van der Waals surface area (Å²) in [5.74, 6) is 0.168. The summed E-state index contributed by atoms with van der Waals surface area (Å²) in [5.41, 5.74) is 3.11. The second kappa shape index (κ2) is 9.01. The van der Waals surface area contributed by atoms with Crippen LogP contribution >= 0.6 is 11.3 Å². The molecule has 5 nitrogen and oxygen atoms in total. The van der Waals surface area contributed by atoms with Gasteiger partial charge in [0.2, 0.25) is 5.91 Å². The van der Waals surface area contributed by atoms with Gasteiger partial charge in [-0.2, -0.15) is 5.10 Å². The van der Waals surface area contributed by atoms with Crippen LogP contribution in [0, 0.1) is 0 Å². The second-order valence-electron chi connectivity index (χ2n) is 7.16. The molecular formula is C23H24N4OS. The predicted octanol–water partition coefficient (Wildman–Crippen LogP) is 4.85. The summed E-state index contributed by atoms with van der Waals surface area (Å²) in [5, 5.41) is 5.55. The predicted molar refractivity (Wildman–Crippen MR) is 117 cm³/mol. The second-order valence-corrected chi connectivity index (χ2v) is 8.28.